The fraction of sp³-hybridized carbons (Fsp3) is 0.345. The number of carbonyl (C=O) groups excluding carboxylic acids is 3. The second kappa shape index (κ2) is 12.1. The fourth-order valence-corrected chi connectivity index (χ4v) is 5.42. The molecule has 2 aliphatic heterocycles. The Bertz CT molecular complexity index is 1490. The summed E-state index contributed by atoms with van der Waals surface area (Å²) in [6.07, 6.45) is 4.75. The largest absolute Gasteiger partial charge is 0.453 e. The number of urea groups is 1. The minimum Gasteiger partial charge on any atom is -0.453 e. The van der Waals surface area contributed by atoms with E-state index in [-0.39, 0.29) is 34.6 Å². The second-order valence-electron chi connectivity index (χ2n) is 10.2. The molecular formula is C29H30ClFN6O4. The molecule has 5 rings (SSSR count). The lowest BCUT2D eigenvalue weighted by Gasteiger charge is -2.38. The van der Waals surface area contributed by atoms with Crippen molar-refractivity contribution in [3.8, 4) is 11.1 Å². The number of hydrogen-bond donors (Lipinski definition) is 3. The number of hydrogen-bond acceptors (Lipinski definition) is 6. The first kappa shape index (κ1) is 28.3. The van der Waals surface area contributed by atoms with E-state index in [0.717, 1.165) is 11.1 Å². The van der Waals surface area contributed by atoms with Crippen LogP contribution in [0.1, 0.15) is 56.1 Å². The number of rotatable bonds is 3. The molecule has 3 unspecified atom stereocenters. The van der Waals surface area contributed by atoms with Crippen molar-refractivity contribution in [2.75, 3.05) is 24.3 Å². The van der Waals surface area contributed by atoms with Crippen LogP contribution in [-0.2, 0) is 9.53 Å². The van der Waals surface area contributed by atoms with E-state index in [2.05, 4.69) is 25.9 Å². The molecule has 41 heavy (non-hydrogen) atoms. The molecule has 0 spiro atoms. The van der Waals surface area contributed by atoms with Gasteiger partial charge in [-0.15, -0.1) is 0 Å². The van der Waals surface area contributed by atoms with Crippen molar-refractivity contribution < 1.29 is 23.5 Å². The number of benzene rings is 1. The number of carbonyl (C=O) groups is 3. The molecule has 0 radical (unpaired) electrons. The Morgan fingerprint density at radius 3 is 2.71 bits per heavy atom. The highest BCUT2D eigenvalue weighted by Crippen LogP contribution is 2.37. The van der Waals surface area contributed by atoms with Crippen LogP contribution in [0.4, 0.5) is 25.4 Å². The maximum Gasteiger partial charge on any atom is 0.411 e. The summed E-state index contributed by atoms with van der Waals surface area (Å²) in [5, 5.41) is 8.48. The molecular weight excluding hydrogens is 551 g/mol. The maximum atomic E-state index is 14.6. The molecule has 2 aliphatic rings. The molecule has 214 valence electrons. The summed E-state index contributed by atoms with van der Waals surface area (Å²) in [7, 11) is 1.27. The molecule has 4 heterocycles. The van der Waals surface area contributed by atoms with Crippen LogP contribution in [0.2, 0.25) is 5.02 Å². The molecule has 3 aromatic rings. The van der Waals surface area contributed by atoms with Gasteiger partial charge in [-0.1, -0.05) is 31.0 Å². The first-order valence-electron chi connectivity index (χ1n) is 13.4. The highest BCUT2D eigenvalue weighted by atomic mass is 35.5. The monoisotopic (exact) mass is 580 g/mol. The summed E-state index contributed by atoms with van der Waals surface area (Å²) >= 11 is 5.94. The lowest BCUT2D eigenvalue weighted by molar-refractivity contribution is -0.119. The van der Waals surface area contributed by atoms with Crippen molar-refractivity contribution >= 4 is 41.0 Å². The average Bonchev–Trinajstić information content (AvgIpc) is 2.96. The van der Waals surface area contributed by atoms with Gasteiger partial charge in [0.2, 0.25) is 5.91 Å². The number of amides is 4. The van der Waals surface area contributed by atoms with Gasteiger partial charge in [-0.2, -0.15) is 0 Å². The summed E-state index contributed by atoms with van der Waals surface area (Å²) in [4.78, 5) is 48.7. The van der Waals surface area contributed by atoms with Crippen LogP contribution in [0.15, 0.2) is 48.8 Å². The van der Waals surface area contributed by atoms with E-state index in [1.54, 1.807) is 29.3 Å². The summed E-state index contributed by atoms with van der Waals surface area (Å²) in [5.74, 6) is -1.09. The van der Waals surface area contributed by atoms with Crippen molar-refractivity contribution in [2.24, 2.45) is 5.92 Å². The number of anilines is 2. The van der Waals surface area contributed by atoms with Crippen molar-refractivity contribution in [3.05, 3.63) is 71.0 Å². The predicted molar refractivity (Wildman–Crippen MR) is 152 cm³/mol. The fourth-order valence-electron chi connectivity index (χ4n) is 5.27. The van der Waals surface area contributed by atoms with Crippen LogP contribution in [0.3, 0.4) is 0 Å². The number of ether oxygens (including phenoxy) is 1. The van der Waals surface area contributed by atoms with Gasteiger partial charge in [0.1, 0.15) is 0 Å². The molecule has 1 aromatic carbocycles. The van der Waals surface area contributed by atoms with Gasteiger partial charge in [-0.3, -0.25) is 20.1 Å². The summed E-state index contributed by atoms with van der Waals surface area (Å²) < 4.78 is 19.3. The van der Waals surface area contributed by atoms with E-state index in [4.69, 9.17) is 16.3 Å². The molecule has 0 saturated carbocycles. The van der Waals surface area contributed by atoms with Gasteiger partial charge in [-0.05, 0) is 55.2 Å². The van der Waals surface area contributed by atoms with Crippen molar-refractivity contribution in [3.63, 3.8) is 0 Å². The van der Waals surface area contributed by atoms with Gasteiger partial charge < -0.3 is 20.3 Å². The standard InChI is InChI=1S/C29H30ClFN6O4/c1-16-4-3-5-24(37-13-10-21(36-28(37)39)26-25(31)20(30)9-12-33-26)23-14-17(8-11-32-23)19-7-6-18(34-29(40)41-2)15-22(19)35-27(16)38/h6-9,11-12,14-16,21,24H,3-5,10,13H2,1-2H3,(H,34,40)(H,35,38)(H,36,39). The molecule has 4 amide bonds. The van der Waals surface area contributed by atoms with E-state index in [0.29, 0.717) is 49.3 Å². The molecule has 12 heteroatoms. The van der Waals surface area contributed by atoms with Gasteiger partial charge in [0.05, 0.1) is 41.3 Å². The Morgan fingerprint density at radius 1 is 1.12 bits per heavy atom. The number of pyridine rings is 2. The quantitative estimate of drug-likeness (QED) is 0.345. The van der Waals surface area contributed by atoms with E-state index in [9.17, 15) is 18.8 Å². The van der Waals surface area contributed by atoms with Crippen LogP contribution in [0.5, 0.6) is 0 Å². The smallest absolute Gasteiger partial charge is 0.411 e. The normalized spacial score (nSPS) is 21.0. The molecule has 3 N–H and O–H groups in total. The van der Waals surface area contributed by atoms with E-state index >= 15 is 0 Å². The summed E-state index contributed by atoms with van der Waals surface area (Å²) in [5.41, 5.74) is 3.32. The molecule has 1 fully saturated rings. The molecule has 3 atom stereocenters. The van der Waals surface area contributed by atoms with Gasteiger partial charge in [0.25, 0.3) is 0 Å². The Hall–Kier alpha value is -4.25. The van der Waals surface area contributed by atoms with Crippen molar-refractivity contribution in [1.29, 1.82) is 0 Å². The molecule has 2 bridgehead atoms. The molecule has 0 aliphatic carbocycles. The van der Waals surface area contributed by atoms with Crippen LogP contribution >= 0.6 is 11.6 Å². The van der Waals surface area contributed by atoms with Crippen LogP contribution in [0.25, 0.3) is 11.1 Å². The highest BCUT2D eigenvalue weighted by molar-refractivity contribution is 6.30. The van der Waals surface area contributed by atoms with Crippen molar-refractivity contribution in [1.82, 2.24) is 20.2 Å². The third kappa shape index (κ3) is 6.09. The zero-order valence-corrected chi connectivity index (χ0v) is 23.4. The zero-order valence-electron chi connectivity index (χ0n) is 22.6. The van der Waals surface area contributed by atoms with Crippen LogP contribution < -0.4 is 16.0 Å². The van der Waals surface area contributed by atoms with Crippen molar-refractivity contribution in [2.45, 2.75) is 44.7 Å². The number of methoxy groups -OCH3 is 1. The first-order chi connectivity index (χ1) is 19.7. The Balaban J connectivity index is 1.47. The predicted octanol–water partition coefficient (Wildman–Crippen LogP) is 6.07. The number of fused-ring (bicyclic) bond motifs is 4. The van der Waals surface area contributed by atoms with Gasteiger partial charge >= 0.3 is 12.1 Å². The van der Waals surface area contributed by atoms with Crippen LogP contribution in [0, 0.1) is 11.7 Å². The lowest BCUT2D eigenvalue weighted by atomic mass is 9.94. The van der Waals surface area contributed by atoms with Gasteiger partial charge in [-0.25, -0.2) is 14.0 Å². The topological polar surface area (TPSA) is 126 Å². The molecule has 1 saturated heterocycles. The minimum atomic E-state index is -0.635. The Kier molecular flexibility index (Phi) is 8.34. The number of nitrogens with zero attached hydrogens (tertiary/aromatic N) is 3. The SMILES string of the molecule is COC(=O)Nc1ccc2c(c1)NC(=O)C(C)CCCC(N1CCC(c3nccc(Cl)c3F)NC1=O)c1cc-2ccn1. The molecule has 2 aromatic heterocycles. The molecule has 10 nitrogen and oxygen atoms in total. The van der Waals surface area contributed by atoms with E-state index in [1.165, 1.54) is 19.4 Å². The highest BCUT2D eigenvalue weighted by Gasteiger charge is 2.34. The maximum absolute atomic E-state index is 14.6. The van der Waals surface area contributed by atoms with E-state index in [1.807, 2.05) is 19.1 Å². The Morgan fingerprint density at radius 2 is 1.93 bits per heavy atom. The summed E-state index contributed by atoms with van der Waals surface area (Å²) in [6.45, 7) is 2.21. The number of nitrogens with one attached hydrogen (secondary N) is 3. The third-order valence-electron chi connectivity index (χ3n) is 7.50. The lowest BCUT2D eigenvalue weighted by Crippen LogP contribution is -2.50. The zero-order chi connectivity index (χ0) is 29.1. The number of aromatic nitrogens is 2. The summed E-state index contributed by atoms with van der Waals surface area (Å²) in [6, 6.07) is 8.98. The van der Waals surface area contributed by atoms with Crippen LogP contribution in [-0.4, -0.2) is 46.6 Å². The Labute approximate surface area is 241 Å². The van der Waals surface area contributed by atoms with E-state index < -0.39 is 18.0 Å². The van der Waals surface area contributed by atoms with Gasteiger partial charge in [0, 0.05) is 36.1 Å². The van der Waals surface area contributed by atoms with Gasteiger partial charge in [0.15, 0.2) is 5.82 Å². The second-order valence-corrected chi connectivity index (χ2v) is 10.6. The minimum absolute atomic E-state index is 0.0429. The average molecular weight is 581 g/mol. The third-order valence-corrected chi connectivity index (χ3v) is 7.79. The first-order valence-corrected chi connectivity index (χ1v) is 13.8. The number of halogens is 2.